The minimum atomic E-state index is -0.526. The molecule has 1 saturated heterocycles. The molecule has 1 fully saturated rings. The lowest BCUT2D eigenvalue weighted by atomic mass is 10.0. The largest absolute Gasteiger partial charge is 0.358 e. The van der Waals surface area contributed by atoms with Crippen molar-refractivity contribution in [2.24, 2.45) is 4.99 Å². The molecule has 2 aromatic carbocycles. The van der Waals surface area contributed by atoms with Gasteiger partial charge in [0.15, 0.2) is 0 Å². The van der Waals surface area contributed by atoms with E-state index in [1.54, 1.807) is 34.1 Å². The minimum absolute atomic E-state index is 0.0544. The highest BCUT2D eigenvalue weighted by molar-refractivity contribution is 6.42. The first-order chi connectivity index (χ1) is 15.0. The summed E-state index contributed by atoms with van der Waals surface area (Å²) in [6, 6.07) is 15.9. The number of hydrogen-bond acceptors (Lipinski definition) is 5. The summed E-state index contributed by atoms with van der Waals surface area (Å²) in [6.07, 6.45) is 0. The molecule has 0 saturated carbocycles. The fourth-order valence-corrected chi connectivity index (χ4v) is 4.08. The maximum absolute atomic E-state index is 12.9. The lowest BCUT2D eigenvalue weighted by molar-refractivity contribution is -0.130. The lowest BCUT2D eigenvalue weighted by Gasteiger charge is -2.39. The standard InChI is InChI=1S/C24H26N4O3/c1-17-16-27(23(30)20-6-4-3-5-7-20)14-15-28(17)24(31)21(29)18-8-10-19(11-9-18)22-25-12-13-26(22)2/h3-11,17H,12-16H2,1-2H3/t17-/m1/s1. The first-order valence-electron chi connectivity index (χ1n) is 10.5. The molecule has 2 aromatic rings. The van der Waals surface area contributed by atoms with Gasteiger partial charge in [0.2, 0.25) is 5.78 Å². The van der Waals surface area contributed by atoms with Crippen LogP contribution in [-0.4, -0.2) is 83.9 Å². The molecule has 7 heteroatoms. The van der Waals surface area contributed by atoms with Crippen LogP contribution in [0.2, 0.25) is 0 Å². The molecule has 2 aliphatic rings. The summed E-state index contributed by atoms with van der Waals surface area (Å²) >= 11 is 0. The van der Waals surface area contributed by atoms with E-state index in [1.165, 1.54) is 0 Å². The Morgan fingerprint density at radius 3 is 2.23 bits per heavy atom. The highest BCUT2D eigenvalue weighted by atomic mass is 16.2. The van der Waals surface area contributed by atoms with Gasteiger partial charge in [0.25, 0.3) is 11.8 Å². The van der Waals surface area contributed by atoms with E-state index in [4.69, 9.17) is 0 Å². The zero-order valence-electron chi connectivity index (χ0n) is 17.8. The number of likely N-dealkylation sites (N-methyl/N-ethyl adjacent to an activating group) is 1. The zero-order chi connectivity index (χ0) is 22.0. The normalized spacial score (nSPS) is 18.7. The van der Waals surface area contributed by atoms with Gasteiger partial charge >= 0.3 is 0 Å². The van der Waals surface area contributed by atoms with Crippen molar-refractivity contribution in [2.75, 3.05) is 39.8 Å². The zero-order valence-corrected chi connectivity index (χ0v) is 17.8. The van der Waals surface area contributed by atoms with Crippen LogP contribution in [0.1, 0.15) is 33.2 Å². The highest BCUT2D eigenvalue weighted by Gasteiger charge is 2.33. The highest BCUT2D eigenvalue weighted by Crippen LogP contribution is 2.16. The number of aliphatic imine (C=N–C) groups is 1. The Balaban J connectivity index is 1.40. The maximum Gasteiger partial charge on any atom is 0.295 e. The van der Waals surface area contributed by atoms with Crippen LogP contribution in [0.4, 0.5) is 0 Å². The van der Waals surface area contributed by atoms with Crippen molar-refractivity contribution in [1.82, 2.24) is 14.7 Å². The Morgan fingerprint density at radius 1 is 0.903 bits per heavy atom. The summed E-state index contributed by atoms with van der Waals surface area (Å²) in [7, 11) is 1.98. The van der Waals surface area contributed by atoms with Crippen molar-refractivity contribution >= 4 is 23.4 Å². The van der Waals surface area contributed by atoms with Crippen molar-refractivity contribution in [1.29, 1.82) is 0 Å². The summed E-state index contributed by atoms with van der Waals surface area (Å²) in [5.74, 6) is -0.204. The molecule has 4 rings (SSSR count). The molecular weight excluding hydrogens is 392 g/mol. The summed E-state index contributed by atoms with van der Waals surface area (Å²) in [4.78, 5) is 48.2. The van der Waals surface area contributed by atoms with E-state index < -0.39 is 11.7 Å². The predicted molar refractivity (Wildman–Crippen MR) is 118 cm³/mol. The van der Waals surface area contributed by atoms with Gasteiger partial charge in [-0.1, -0.05) is 42.5 Å². The molecule has 0 unspecified atom stereocenters. The van der Waals surface area contributed by atoms with Gasteiger partial charge in [-0.05, 0) is 19.1 Å². The smallest absolute Gasteiger partial charge is 0.295 e. The van der Waals surface area contributed by atoms with E-state index in [1.807, 2.05) is 44.3 Å². The molecule has 2 amide bonds. The Morgan fingerprint density at radius 2 is 1.61 bits per heavy atom. The number of carbonyl (C=O) groups is 3. The van der Waals surface area contributed by atoms with Crippen molar-refractivity contribution in [3.63, 3.8) is 0 Å². The number of amides is 2. The number of benzene rings is 2. The number of carbonyl (C=O) groups excluding carboxylic acids is 3. The second kappa shape index (κ2) is 8.71. The SMILES string of the molecule is C[C@@H]1CN(C(=O)c2ccccc2)CCN1C(=O)C(=O)c1ccc(C2=NCCN2C)cc1. The van der Waals surface area contributed by atoms with Crippen LogP contribution in [0.25, 0.3) is 0 Å². The van der Waals surface area contributed by atoms with Crippen LogP contribution in [0.15, 0.2) is 59.6 Å². The van der Waals surface area contributed by atoms with Gasteiger partial charge in [-0.2, -0.15) is 0 Å². The number of hydrogen-bond donors (Lipinski definition) is 0. The maximum atomic E-state index is 12.9. The number of Topliss-reactive ketones (excluding diaryl/α,β-unsaturated/α-hetero) is 1. The molecule has 0 aliphatic carbocycles. The van der Waals surface area contributed by atoms with Crippen molar-refractivity contribution in [2.45, 2.75) is 13.0 Å². The van der Waals surface area contributed by atoms with E-state index >= 15 is 0 Å². The van der Waals surface area contributed by atoms with Crippen LogP contribution >= 0.6 is 0 Å². The Kier molecular flexibility index (Phi) is 5.84. The number of nitrogens with zero attached hydrogens (tertiary/aromatic N) is 4. The second-order valence-electron chi connectivity index (χ2n) is 8.00. The minimum Gasteiger partial charge on any atom is -0.358 e. The Labute approximate surface area is 182 Å². The number of amidine groups is 1. The molecule has 2 heterocycles. The third-order valence-corrected chi connectivity index (χ3v) is 5.85. The third kappa shape index (κ3) is 4.21. The van der Waals surface area contributed by atoms with E-state index in [0.29, 0.717) is 30.8 Å². The van der Waals surface area contributed by atoms with Gasteiger partial charge in [-0.25, -0.2) is 0 Å². The summed E-state index contributed by atoms with van der Waals surface area (Å²) < 4.78 is 0. The topological polar surface area (TPSA) is 73.3 Å². The molecule has 0 aromatic heterocycles. The van der Waals surface area contributed by atoms with Gasteiger partial charge in [0.05, 0.1) is 6.54 Å². The summed E-state index contributed by atoms with van der Waals surface area (Å²) in [5, 5.41) is 0. The average molecular weight is 418 g/mol. The second-order valence-corrected chi connectivity index (χ2v) is 8.00. The average Bonchev–Trinajstić information content (AvgIpc) is 3.24. The molecule has 2 aliphatic heterocycles. The lowest BCUT2D eigenvalue weighted by Crippen LogP contribution is -2.56. The third-order valence-electron chi connectivity index (χ3n) is 5.85. The van der Waals surface area contributed by atoms with Gasteiger partial charge in [0, 0.05) is 56.0 Å². The van der Waals surface area contributed by atoms with Crippen LogP contribution in [0.5, 0.6) is 0 Å². The van der Waals surface area contributed by atoms with Crippen molar-refractivity contribution < 1.29 is 14.4 Å². The van der Waals surface area contributed by atoms with Crippen LogP contribution in [-0.2, 0) is 4.79 Å². The molecule has 0 spiro atoms. The molecule has 0 N–H and O–H groups in total. The molecule has 1 atom stereocenters. The molecule has 0 radical (unpaired) electrons. The first kappa shape index (κ1) is 20.8. The van der Waals surface area contributed by atoms with Crippen LogP contribution in [0.3, 0.4) is 0 Å². The predicted octanol–water partition coefficient (Wildman–Crippen LogP) is 1.93. The number of ketones is 1. The Bertz CT molecular complexity index is 1020. The van der Waals surface area contributed by atoms with Crippen molar-refractivity contribution in [3.8, 4) is 0 Å². The van der Waals surface area contributed by atoms with E-state index in [2.05, 4.69) is 9.89 Å². The summed E-state index contributed by atoms with van der Waals surface area (Å²) in [5.41, 5.74) is 1.93. The Hall–Kier alpha value is -3.48. The number of rotatable bonds is 4. The van der Waals surface area contributed by atoms with E-state index in [-0.39, 0.29) is 11.9 Å². The molecular formula is C24H26N4O3. The van der Waals surface area contributed by atoms with E-state index in [0.717, 1.165) is 24.5 Å². The van der Waals surface area contributed by atoms with Gasteiger partial charge in [0.1, 0.15) is 5.84 Å². The first-order valence-corrected chi connectivity index (χ1v) is 10.5. The fraction of sp³-hybridized carbons (Fsp3) is 0.333. The fourth-order valence-electron chi connectivity index (χ4n) is 4.08. The van der Waals surface area contributed by atoms with Gasteiger partial charge < -0.3 is 14.7 Å². The summed E-state index contributed by atoms with van der Waals surface area (Å²) in [6.45, 7) is 4.66. The van der Waals surface area contributed by atoms with Gasteiger partial charge in [-0.15, -0.1) is 0 Å². The monoisotopic (exact) mass is 418 g/mol. The molecule has 160 valence electrons. The van der Waals surface area contributed by atoms with Gasteiger partial charge in [-0.3, -0.25) is 19.4 Å². The number of piperazine rings is 1. The van der Waals surface area contributed by atoms with Crippen LogP contribution in [0, 0.1) is 0 Å². The quantitative estimate of drug-likeness (QED) is 0.562. The van der Waals surface area contributed by atoms with E-state index in [9.17, 15) is 14.4 Å². The molecule has 7 nitrogen and oxygen atoms in total. The molecule has 0 bridgehead atoms. The van der Waals surface area contributed by atoms with Crippen LogP contribution < -0.4 is 0 Å². The van der Waals surface area contributed by atoms with Crippen molar-refractivity contribution in [3.05, 3.63) is 71.3 Å². The molecule has 31 heavy (non-hydrogen) atoms.